The van der Waals surface area contributed by atoms with Gasteiger partial charge in [-0.3, -0.25) is 0 Å². The molecule has 0 amide bonds. The van der Waals surface area contributed by atoms with Gasteiger partial charge >= 0.3 is 29.9 Å². The molecule has 2 radical (unpaired) electrons. The first kappa shape index (κ1) is 17.6. The van der Waals surface area contributed by atoms with Crippen molar-refractivity contribution in [2.45, 2.75) is 0 Å². The predicted octanol–water partition coefficient (Wildman–Crippen LogP) is 1.96. The van der Waals surface area contributed by atoms with Crippen molar-refractivity contribution < 1.29 is 14.6 Å². The molecule has 0 aliphatic rings. The van der Waals surface area contributed by atoms with Gasteiger partial charge in [-0.2, -0.15) is 0 Å². The van der Waals surface area contributed by atoms with Gasteiger partial charge in [-0.15, -0.1) is 12.4 Å². The molecule has 1 aromatic carbocycles. The Kier molecular flexibility index (Phi) is 9.74. The average molecular weight is 378 g/mol. The summed E-state index contributed by atoms with van der Waals surface area (Å²) in [5.74, 6) is -0.737. The molecule has 0 saturated carbocycles. The van der Waals surface area contributed by atoms with E-state index >= 15 is 0 Å². The van der Waals surface area contributed by atoms with Crippen molar-refractivity contribution in [2.75, 3.05) is 6.61 Å². The number of hydrogen-bond donors (Lipinski definition) is 1. The van der Waals surface area contributed by atoms with Crippen LogP contribution in [0.15, 0.2) is 18.2 Å². The maximum absolute atomic E-state index is 10.2. The summed E-state index contributed by atoms with van der Waals surface area (Å²) in [6, 6.07) is 4.58. The van der Waals surface area contributed by atoms with E-state index in [0.717, 1.165) is 0 Å². The summed E-state index contributed by atoms with van der Waals surface area (Å²) in [4.78, 5) is 10.2. The standard InChI is InChI=1S/C8H6Cl2O3.ClH.Sn.2H/c9-5-1-2-7(6(10)3-5)13-4-8(11)12;;;;/h1-3H,4H2,(H,11,12);1H;;;. The summed E-state index contributed by atoms with van der Waals surface area (Å²) in [5, 5.41) is 9.11. The molecule has 0 heterocycles. The second kappa shape index (κ2) is 8.33. The molecule has 0 aromatic heterocycles. The van der Waals surface area contributed by atoms with Gasteiger partial charge in [0.05, 0.1) is 5.02 Å². The third-order valence-corrected chi connectivity index (χ3v) is 1.78. The number of rotatable bonds is 3. The zero-order valence-electron chi connectivity index (χ0n) is 7.57. The Morgan fingerprint density at radius 2 is 2.00 bits per heavy atom. The van der Waals surface area contributed by atoms with Crippen LogP contribution in [0.4, 0.5) is 0 Å². The van der Waals surface area contributed by atoms with Gasteiger partial charge in [0.2, 0.25) is 0 Å². The van der Waals surface area contributed by atoms with E-state index in [1.807, 2.05) is 0 Å². The third-order valence-electron chi connectivity index (χ3n) is 1.25. The molecule has 15 heavy (non-hydrogen) atoms. The summed E-state index contributed by atoms with van der Waals surface area (Å²) in [5.41, 5.74) is 0. The van der Waals surface area contributed by atoms with Crippen molar-refractivity contribution in [1.82, 2.24) is 0 Å². The molecule has 0 bridgehead atoms. The fourth-order valence-electron chi connectivity index (χ4n) is 0.732. The average Bonchev–Trinajstić information content (AvgIpc) is 2.02. The molecular weight excluding hydrogens is 369 g/mol. The zero-order chi connectivity index (χ0) is 9.84. The monoisotopic (exact) mass is 378 g/mol. The van der Waals surface area contributed by atoms with E-state index in [2.05, 4.69) is 0 Å². The normalized spacial score (nSPS) is 8.40. The number of ether oxygens (including phenoxy) is 1. The van der Waals surface area contributed by atoms with Gasteiger partial charge in [-0.1, -0.05) is 23.2 Å². The van der Waals surface area contributed by atoms with Crippen molar-refractivity contribution in [2.24, 2.45) is 0 Å². The van der Waals surface area contributed by atoms with Crippen molar-refractivity contribution in [1.29, 1.82) is 0 Å². The van der Waals surface area contributed by atoms with E-state index in [1.54, 1.807) is 6.07 Å². The van der Waals surface area contributed by atoms with Crippen LogP contribution < -0.4 is 4.74 Å². The number of halogens is 3. The summed E-state index contributed by atoms with van der Waals surface area (Å²) >= 11 is 11.3. The first-order valence-electron chi connectivity index (χ1n) is 3.39. The Morgan fingerprint density at radius 3 is 2.47 bits per heavy atom. The molecule has 0 spiro atoms. The fraction of sp³-hybridized carbons (Fsp3) is 0.125. The summed E-state index contributed by atoms with van der Waals surface area (Å²) in [6.45, 7) is -0.415. The van der Waals surface area contributed by atoms with E-state index in [4.69, 9.17) is 33.0 Å². The Bertz CT molecular complexity index is 333. The quantitative estimate of drug-likeness (QED) is 0.819. The molecular formula is C8H9Cl3O3Sn. The van der Waals surface area contributed by atoms with Gasteiger partial charge in [-0.25, -0.2) is 4.79 Å². The van der Waals surface area contributed by atoms with Gasteiger partial charge < -0.3 is 9.84 Å². The molecule has 1 rings (SSSR count). The van der Waals surface area contributed by atoms with Crippen LogP contribution in [0.5, 0.6) is 5.75 Å². The molecule has 0 atom stereocenters. The first-order valence-corrected chi connectivity index (χ1v) is 4.15. The molecule has 0 unspecified atom stereocenters. The van der Waals surface area contributed by atoms with Crippen LogP contribution in [0.25, 0.3) is 0 Å². The number of benzene rings is 1. The van der Waals surface area contributed by atoms with Gasteiger partial charge in [-0.05, 0) is 18.2 Å². The summed E-state index contributed by atoms with van der Waals surface area (Å²) < 4.78 is 4.86. The molecule has 1 aromatic rings. The fourth-order valence-corrected chi connectivity index (χ4v) is 1.19. The molecule has 3 nitrogen and oxygen atoms in total. The number of hydrogen-bond acceptors (Lipinski definition) is 2. The van der Waals surface area contributed by atoms with Crippen molar-refractivity contribution in [3.05, 3.63) is 28.2 Å². The van der Waals surface area contributed by atoms with Crippen LogP contribution in [-0.2, 0) is 4.79 Å². The van der Waals surface area contributed by atoms with E-state index < -0.39 is 12.6 Å². The second-order valence-electron chi connectivity index (χ2n) is 2.26. The van der Waals surface area contributed by atoms with Crippen LogP contribution in [0.1, 0.15) is 0 Å². The van der Waals surface area contributed by atoms with Crippen molar-refractivity contribution >= 4 is 65.5 Å². The molecule has 0 saturated heterocycles. The van der Waals surface area contributed by atoms with Gasteiger partial charge in [0.1, 0.15) is 5.75 Å². The Hall–Kier alpha value is 0.159. The van der Waals surface area contributed by atoms with E-state index in [9.17, 15) is 4.79 Å². The topological polar surface area (TPSA) is 46.5 Å². The van der Waals surface area contributed by atoms with Crippen LogP contribution in [-0.4, -0.2) is 41.6 Å². The van der Waals surface area contributed by atoms with E-state index in [-0.39, 0.29) is 36.3 Å². The van der Waals surface area contributed by atoms with Gasteiger partial charge in [0, 0.05) is 5.02 Å². The van der Waals surface area contributed by atoms with E-state index in [1.165, 1.54) is 12.1 Å². The SMILES string of the molecule is Cl.O=C(O)COc1ccc(Cl)cc1Cl.[SnH2]. The molecule has 84 valence electrons. The molecule has 0 aliphatic carbocycles. The number of carbonyl (C=O) groups is 1. The molecule has 0 aliphatic heterocycles. The van der Waals surface area contributed by atoms with Crippen LogP contribution >= 0.6 is 35.6 Å². The maximum atomic E-state index is 10.2. The van der Waals surface area contributed by atoms with Crippen LogP contribution in [0.2, 0.25) is 10.0 Å². The summed E-state index contributed by atoms with van der Waals surface area (Å²) in [6.07, 6.45) is 0. The van der Waals surface area contributed by atoms with Crippen LogP contribution in [0, 0.1) is 0 Å². The molecule has 0 fully saturated rings. The minimum absolute atomic E-state index is 0. The zero-order valence-corrected chi connectivity index (χ0v) is 13.9. The predicted molar refractivity (Wildman–Crippen MR) is 65.4 cm³/mol. The minimum atomic E-state index is -1.05. The second-order valence-corrected chi connectivity index (χ2v) is 3.10. The molecule has 7 heteroatoms. The first-order chi connectivity index (χ1) is 6.09. The number of carboxylic acids is 1. The number of carboxylic acid groups (broad SMARTS) is 1. The van der Waals surface area contributed by atoms with Crippen molar-refractivity contribution in [3.63, 3.8) is 0 Å². The Morgan fingerprint density at radius 1 is 1.40 bits per heavy atom. The number of aliphatic carboxylic acids is 1. The van der Waals surface area contributed by atoms with Crippen LogP contribution in [0.3, 0.4) is 0 Å². The Labute approximate surface area is 120 Å². The van der Waals surface area contributed by atoms with E-state index in [0.29, 0.717) is 15.8 Å². The van der Waals surface area contributed by atoms with Gasteiger partial charge in [0.25, 0.3) is 0 Å². The molecule has 1 N–H and O–H groups in total. The Balaban J connectivity index is 0. The van der Waals surface area contributed by atoms with Gasteiger partial charge in [0.15, 0.2) is 6.61 Å². The third kappa shape index (κ3) is 6.35. The summed E-state index contributed by atoms with van der Waals surface area (Å²) in [7, 11) is 0. The van der Waals surface area contributed by atoms with Crippen molar-refractivity contribution in [3.8, 4) is 5.75 Å².